The minimum absolute atomic E-state index is 0. The van der Waals surface area contributed by atoms with Crippen LogP contribution in [0.4, 0.5) is 5.69 Å². The van der Waals surface area contributed by atoms with Crippen molar-refractivity contribution in [3.05, 3.63) is 29.8 Å². The van der Waals surface area contributed by atoms with Gasteiger partial charge in [-0.15, -0.1) is 24.0 Å². The van der Waals surface area contributed by atoms with Gasteiger partial charge in [0.1, 0.15) is 0 Å². The number of carbonyl (C=O) groups is 2. The fourth-order valence-corrected chi connectivity index (χ4v) is 3.26. The topological polar surface area (TPSA) is 85.8 Å². The summed E-state index contributed by atoms with van der Waals surface area (Å²) in [6.45, 7) is 9.84. The van der Waals surface area contributed by atoms with Crippen LogP contribution in [-0.2, 0) is 16.1 Å². The summed E-state index contributed by atoms with van der Waals surface area (Å²) in [6.07, 6.45) is 3.08. The lowest BCUT2D eigenvalue weighted by atomic mass is 10.1. The third-order valence-corrected chi connectivity index (χ3v) is 4.64. The Morgan fingerprint density at radius 3 is 2.73 bits per heavy atom. The Morgan fingerprint density at radius 1 is 1.27 bits per heavy atom. The molecule has 168 valence electrons. The Kier molecular flexibility index (Phi) is 12.4. The van der Waals surface area contributed by atoms with Crippen LogP contribution in [0, 0.1) is 5.92 Å². The lowest BCUT2D eigenvalue weighted by molar-refractivity contribution is -0.127. The van der Waals surface area contributed by atoms with Gasteiger partial charge in [0.2, 0.25) is 11.8 Å². The number of anilines is 1. The van der Waals surface area contributed by atoms with Gasteiger partial charge >= 0.3 is 0 Å². The van der Waals surface area contributed by atoms with Crippen LogP contribution in [0.25, 0.3) is 0 Å². The zero-order chi connectivity index (χ0) is 21.1. The molecule has 1 saturated heterocycles. The average Bonchev–Trinajstić information content (AvgIpc) is 3.07. The average molecular weight is 529 g/mol. The van der Waals surface area contributed by atoms with E-state index in [2.05, 4.69) is 20.9 Å². The fraction of sp³-hybridized carbons (Fsp3) is 0.591. The second kappa shape index (κ2) is 14.2. The van der Waals surface area contributed by atoms with Crippen molar-refractivity contribution >= 4 is 47.4 Å². The summed E-state index contributed by atoms with van der Waals surface area (Å²) in [5, 5.41) is 9.52. The highest BCUT2D eigenvalue weighted by molar-refractivity contribution is 14.0. The quantitative estimate of drug-likeness (QED) is 0.188. The maximum absolute atomic E-state index is 12.0. The van der Waals surface area contributed by atoms with Gasteiger partial charge in [-0.1, -0.05) is 26.0 Å². The fourth-order valence-electron chi connectivity index (χ4n) is 3.26. The van der Waals surface area contributed by atoms with Crippen molar-refractivity contribution in [1.29, 1.82) is 0 Å². The van der Waals surface area contributed by atoms with E-state index in [4.69, 9.17) is 0 Å². The largest absolute Gasteiger partial charge is 0.357 e. The van der Waals surface area contributed by atoms with Crippen LogP contribution < -0.4 is 16.0 Å². The monoisotopic (exact) mass is 529 g/mol. The summed E-state index contributed by atoms with van der Waals surface area (Å²) in [5.41, 5.74) is 1.84. The number of rotatable bonds is 10. The van der Waals surface area contributed by atoms with Gasteiger partial charge in [-0.2, -0.15) is 0 Å². The third kappa shape index (κ3) is 9.77. The number of hydrogen-bond acceptors (Lipinski definition) is 3. The molecule has 2 rings (SSSR count). The lowest BCUT2D eigenvalue weighted by Gasteiger charge is -2.16. The van der Waals surface area contributed by atoms with Crippen LogP contribution in [0.15, 0.2) is 29.3 Å². The lowest BCUT2D eigenvalue weighted by Crippen LogP contribution is -2.39. The molecule has 3 N–H and O–H groups in total. The van der Waals surface area contributed by atoms with E-state index < -0.39 is 0 Å². The van der Waals surface area contributed by atoms with Crippen LogP contribution in [0.1, 0.15) is 52.0 Å². The molecule has 0 aromatic heterocycles. The molecule has 0 spiro atoms. The van der Waals surface area contributed by atoms with Gasteiger partial charge in [0, 0.05) is 44.7 Å². The summed E-state index contributed by atoms with van der Waals surface area (Å²) >= 11 is 0. The number of carbonyl (C=O) groups excluding carboxylic acids is 2. The number of nitrogens with zero attached hydrogens (tertiary/aromatic N) is 2. The number of nitrogens with one attached hydrogen (secondary N) is 3. The second-order valence-corrected chi connectivity index (χ2v) is 7.81. The maximum atomic E-state index is 12.0. The molecule has 1 fully saturated rings. The summed E-state index contributed by atoms with van der Waals surface area (Å²) in [4.78, 5) is 30.2. The molecule has 0 aliphatic carbocycles. The van der Waals surface area contributed by atoms with Crippen molar-refractivity contribution in [2.45, 2.75) is 53.0 Å². The predicted molar refractivity (Wildman–Crippen MR) is 133 cm³/mol. The molecule has 0 bridgehead atoms. The van der Waals surface area contributed by atoms with Gasteiger partial charge in [0.05, 0.1) is 6.54 Å². The van der Waals surface area contributed by atoms with Crippen molar-refractivity contribution in [3.63, 3.8) is 0 Å². The zero-order valence-electron chi connectivity index (χ0n) is 18.4. The molecule has 0 unspecified atom stereocenters. The Morgan fingerprint density at radius 2 is 2.07 bits per heavy atom. The summed E-state index contributed by atoms with van der Waals surface area (Å²) < 4.78 is 0. The highest BCUT2D eigenvalue weighted by atomic mass is 127. The van der Waals surface area contributed by atoms with Crippen molar-refractivity contribution in [3.8, 4) is 0 Å². The Bertz CT molecular complexity index is 709. The molecule has 1 heterocycles. The number of guanidine groups is 1. The molecule has 0 atom stereocenters. The van der Waals surface area contributed by atoms with Crippen LogP contribution in [0.3, 0.4) is 0 Å². The molecule has 1 aromatic carbocycles. The minimum atomic E-state index is 0. The van der Waals surface area contributed by atoms with E-state index >= 15 is 0 Å². The Labute approximate surface area is 197 Å². The summed E-state index contributed by atoms with van der Waals surface area (Å²) in [6, 6.07) is 7.80. The molecule has 30 heavy (non-hydrogen) atoms. The van der Waals surface area contributed by atoms with E-state index in [1.807, 2.05) is 49.9 Å². The number of hydrogen-bond donors (Lipinski definition) is 3. The summed E-state index contributed by atoms with van der Waals surface area (Å²) in [7, 11) is 0. The van der Waals surface area contributed by atoms with E-state index in [9.17, 15) is 9.59 Å². The number of likely N-dealkylation sites (tertiary alicyclic amines) is 1. The van der Waals surface area contributed by atoms with Crippen LogP contribution in [0.2, 0.25) is 0 Å². The predicted octanol–water partition coefficient (Wildman–Crippen LogP) is 3.36. The van der Waals surface area contributed by atoms with Crippen LogP contribution in [0.5, 0.6) is 0 Å². The normalized spacial score (nSPS) is 13.9. The molecule has 2 amide bonds. The maximum Gasteiger partial charge on any atom is 0.224 e. The molecule has 1 aliphatic rings. The number of benzene rings is 1. The molecular formula is C22H36IN5O2. The molecule has 8 heteroatoms. The van der Waals surface area contributed by atoms with Crippen LogP contribution >= 0.6 is 24.0 Å². The van der Waals surface area contributed by atoms with Crippen molar-refractivity contribution in [2.75, 3.05) is 31.5 Å². The molecule has 1 aliphatic heterocycles. The smallest absolute Gasteiger partial charge is 0.224 e. The number of halogens is 1. The molecule has 0 radical (unpaired) electrons. The van der Waals surface area contributed by atoms with Crippen LogP contribution in [-0.4, -0.2) is 48.9 Å². The zero-order valence-corrected chi connectivity index (χ0v) is 20.7. The molecular weight excluding hydrogens is 493 g/mol. The first-order valence-electron chi connectivity index (χ1n) is 10.7. The van der Waals surface area contributed by atoms with Crippen molar-refractivity contribution in [2.24, 2.45) is 10.9 Å². The summed E-state index contributed by atoms with van der Waals surface area (Å²) in [5.74, 6) is 1.40. The van der Waals surface area contributed by atoms with Crippen molar-refractivity contribution < 1.29 is 9.59 Å². The van der Waals surface area contributed by atoms with E-state index in [1.54, 1.807) is 0 Å². The first-order valence-corrected chi connectivity index (χ1v) is 10.7. The van der Waals surface area contributed by atoms with E-state index in [0.717, 1.165) is 56.2 Å². The Hall–Kier alpha value is -1.84. The number of aliphatic imine (C=N–C) groups is 1. The van der Waals surface area contributed by atoms with E-state index in [1.165, 1.54) is 0 Å². The van der Waals surface area contributed by atoms with Gasteiger partial charge in [-0.25, -0.2) is 4.99 Å². The number of amides is 2. The Balaban J connectivity index is 0.00000450. The first kappa shape index (κ1) is 26.2. The van der Waals surface area contributed by atoms with Gasteiger partial charge in [0.15, 0.2) is 5.96 Å². The molecule has 1 aromatic rings. The van der Waals surface area contributed by atoms with Gasteiger partial charge in [0.25, 0.3) is 0 Å². The van der Waals surface area contributed by atoms with Crippen molar-refractivity contribution in [1.82, 2.24) is 15.5 Å². The second-order valence-electron chi connectivity index (χ2n) is 7.81. The van der Waals surface area contributed by atoms with Gasteiger partial charge in [-0.05, 0) is 43.4 Å². The highest BCUT2D eigenvalue weighted by Crippen LogP contribution is 2.13. The minimum Gasteiger partial charge on any atom is -0.357 e. The SMILES string of the molecule is CCNC(=NCc1cccc(NC(=O)CC(C)C)c1)NCCCN1CCCC1=O.I. The van der Waals surface area contributed by atoms with E-state index in [-0.39, 0.29) is 35.8 Å². The molecule has 0 saturated carbocycles. The standard InChI is InChI=1S/C22H35N5O2.HI/c1-4-23-22(24-11-7-13-27-12-6-10-21(27)29)25-16-18-8-5-9-19(15-18)26-20(28)14-17(2)3;/h5,8-9,15,17H,4,6-7,10-14,16H2,1-3H3,(H,26,28)(H2,23,24,25);1H. The van der Waals surface area contributed by atoms with Gasteiger partial charge in [-0.3, -0.25) is 9.59 Å². The highest BCUT2D eigenvalue weighted by Gasteiger charge is 2.18. The van der Waals surface area contributed by atoms with Gasteiger partial charge < -0.3 is 20.9 Å². The first-order chi connectivity index (χ1) is 14.0. The third-order valence-electron chi connectivity index (χ3n) is 4.64. The molecule has 7 nitrogen and oxygen atoms in total. The van der Waals surface area contributed by atoms with E-state index in [0.29, 0.717) is 25.3 Å².